The highest BCUT2D eigenvalue weighted by molar-refractivity contribution is 7.99. The van der Waals surface area contributed by atoms with Crippen molar-refractivity contribution >= 4 is 11.8 Å². The molecule has 0 aliphatic rings. The first-order valence-corrected chi connectivity index (χ1v) is 7.24. The summed E-state index contributed by atoms with van der Waals surface area (Å²) in [5.41, 5.74) is -0.401. The summed E-state index contributed by atoms with van der Waals surface area (Å²) in [6.07, 6.45) is 6.21. The van der Waals surface area contributed by atoms with Crippen molar-refractivity contribution in [3.05, 3.63) is 18.6 Å². The first kappa shape index (κ1) is 14.9. The van der Waals surface area contributed by atoms with E-state index in [1.54, 1.807) is 24.3 Å². The van der Waals surface area contributed by atoms with Gasteiger partial charge in [0.2, 0.25) is 0 Å². The van der Waals surface area contributed by atoms with Crippen LogP contribution in [0, 0.1) is 11.3 Å². The molecule has 1 unspecified atom stereocenters. The summed E-state index contributed by atoms with van der Waals surface area (Å²) >= 11 is 1.71. The Morgan fingerprint density at radius 1 is 1.56 bits per heavy atom. The summed E-state index contributed by atoms with van der Waals surface area (Å²) in [5.74, 6) is 0.974. The van der Waals surface area contributed by atoms with Crippen LogP contribution in [0.4, 0.5) is 0 Å². The molecule has 1 atom stereocenters. The van der Waals surface area contributed by atoms with E-state index in [1.807, 2.05) is 13.0 Å². The van der Waals surface area contributed by atoms with Gasteiger partial charge < -0.3 is 0 Å². The van der Waals surface area contributed by atoms with Crippen LogP contribution in [0.2, 0.25) is 0 Å². The molecule has 1 aromatic heterocycles. The number of hydrogen-bond donors (Lipinski definition) is 1. The van der Waals surface area contributed by atoms with Crippen LogP contribution in [0.25, 0.3) is 0 Å². The molecular weight excluding hydrogens is 244 g/mol. The third-order valence-electron chi connectivity index (χ3n) is 2.64. The second-order valence-electron chi connectivity index (χ2n) is 4.37. The van der Waals surface area contributed by atoms with Gasteiger partial charge >= 0.3 is 0 Å². The number of nitrogens with one attached hydrogen (secondary N) is 1. The summed E-state index contributed by atoms with van der Waals surface area (Å²) in [6, 6.07) is 4.27. The summed E-state index contributed by atoms with van der Waals surface area (Å²) in [5, 5.41) is 13.5. The lowest BCUT2D eigenvalue weighted by Gasteiger charge is -2.22. The van der Waals surface area contributed by atoms with Gasteiger partial charge in [0.05, 0.1) is 11.1 Å². The predicted octanol–water partition coefficient (Wildman–Crippen LogP) is 2.63. The van der Waals surface area contributed by atoms with E-state index < -0.39 is 5.54 Å². The quantitative estimate of drug-likeness (QED) is 0.444. The second-order valence-corrected chi connectivity index (χ2v) is 5.49. The van der Waals surface area contributed by atoms with Crippen LogP contribution in [0.1, 0.15) is 33.1 Å². The maximum absolute atomic E-state index is 9.19. The standard InChI is InChI=1S/C13H20N4S/c1-3-7-17-13(2,10-14)6-4-9-18-12-5-8-15-11-16-12/h5,8,11,17H,3-4,6-7,9H2,1-2H3. The zero-order chi connectivity index (χ0) is 13.3. The summed E-state index contributed by atoms with van der Waals surface area (Å²) in [7, 11) is 0. The van der Waals surface area contributed by atoms with E-state index in [0.717, 1.165) is 36.6 Å². The fourth-order valence-corrected chi connectivity index (χ4v) is 2.33. The van der Waals surface area contributed by atoms with Gasteiger partial charge in [0.25, 0.3) is 0 Å². The van der Waals surface area contributed by atoms with Gasteiger partial charge in [-0.25, -0.2) is 9.97 Å². The third-order valence-corrected chi connectivity index (χ3v) is 3.67. The molecule has 0 aliphatic carbocycles. The molecule has 0 aromatic carbocycles. The van der Waals surface area contributed by atoms with Gasteiger partial charge in [-0.3, -0.25) is 5.32 Å². The van der Waals surface area contributed by atoms with Crippen LogP contribution in [-0.2, 0) is 0 Å². The molecule has 98 valence electrons. The highest BCUT2D eigenvalue weighted by atomic mass is 32.2. The highest BCUT2D eigenvalue weighted by Crippen LogP contribution is 2.18. The van der Waals surface area contributed by atoms with Gasteiger partial charge in [-0.1, -0.05) is 6.92 Å². The van der Waals surface area contributed by atoms with Gasteiger partial charge in [0, 0.05) is 6.20 Å². The Labute approximate surface area is 113 Å². The highest BCUT2D eigenvalue weighted by Gasteiger charge is 2.21. The van der Waals surface area contributed by atoms with Crippen molar-refractivity contribution in [2.24, 2.45) is 0 Å². The van der Waals surface area contributed by atoms with Crippen molar-refractivity contribution in [1.29, 1.82) is 5.26 Å². The van der Waals surface area contributed by atoms with Crippen molar-refractivity contribution in [2.45, 2.75) is 43.7 Å². The number of aromatic nitrogens is 2. The van der Waals surface area contributed by atoms with E-state index in [1.165, 1.54) is 0 Å². The van der Waals surface area contributed by atoms with E-state index in [9.17, 15) is 5.26 Å². The van der Waals surface area contributed by atoms with E-state index >= 15 is 0 Å². The van der Waals surface area contributed by atoms with Crippen LogP contribution < -0.4 is 5.32 Å². The smallest absolute Gasteiger partial charge is 0.116 e. The van der Waals surface area contributed by atoms with Gasteiger partial charge in [-0.2, -0.15) is 5.26 Å². The normalized spacial score (nSPS) is 13.8. The van der Waals surface area contributed by atoms with Gasteiger partial charge in [-0.05, 0) is 44.6 Å². The minimum atomic E-state index is -0.401. The molecule has 5 heteroatoms. The number of nitriles is 1. The average Bonchev–Trinajstić information content (AvgIpc) is 2.43. The Morgan fingerprint density at radius 2 is 2.39 bits per heavy atom. The van der Waals surface area contributed by atoms with Gasteiger partial charge in [0.15, 0.2) is 0 Å². The first-order valence-electron chi connectivity index (χ1n) is 6.25. The Balaban J connectivity index is 2.26. The molecular formula is C13H20N4S. The molecule has 0 bridgehead atoms. The van der Waals surface area contributed by atoms with Crippen molar-refractivity contribution in [3.63, 3.8) is 0 Å². The molecule has 1 aromatic rings. The van der Waals surface area contributed by atoms with Crippen LogP contribution in [-0.4, -0.2) is 27.8 Å². The molecule has 0 amide bonds. The fourth-order valence-electron chi connectivity index (χ4n) is 1.55. The van der Waals surface area contributed by atoms with Crippen LogP contribution in [0.15, 0.2) is 23.6 Å². The Hall–Kier alpha value is -1.12. The van der Waals surface area contributed by atoms with Crippen molar-refractivity contribution < 1.29 is 0 Å². The van der Waals surface area contributed by atoms with E-state index in [0.29, 0.717) is 0 Å². The number of nitrogens with zero attached hydrogens (tertiary/aromatic N) is 3. The van der Waals surface area contributed by atoms with Crippen molar-refractivity contribution in [1.82, 2.24) is 15.3 Å². The van der Waals surface area contributed by atoms with Crippen LogP contribution in [0.3, 0.4) is 0 Å². The summed E-state index contributed by atoms with van der Waals surface area (Å²) in [4.78, 5) is 8.04. The lowest BCUT2D eigenvalue weighted by Crippen LogP contribution is -2.41. The SMILES string of the molecule is CCCNC(C)(C#N)CCCSc1ccncn1. The summed E-state index contributed by atoms with van der Waals surface area (Å²) in [6.45, 7) is 4.97. The van der Waals surface area contributed by atoms with Crippen molar-refractivity contribution in [2.75, 3.05) is 12.3 Å². The lowest BCUT2D eigenvalue weighted by atomic mass is 9.98. The monoisotopic (exact) mass is 264 g/mol. The predicted molar refractivity (Wildman–Crippen MR) is 74.3 cm³/mol. The summed E-state index contributed by atoms with van der Waals surface area (Å²) < 4.78 is 0. The average molecular weight is 264 g/mol. The van der Waals surface area contributed by atoms with Crippen LogP contribution in [0.5, 0.6) is 0 Å². The Morgan fingerprint density at radius 3 is 3.00 bits per heavy atom. The molecule has 4 nitrogen and oxygen atoms in total. The van der Waals surface area contributed by atoms with Crippen molar-refractivity contribution in [3.8, 4) is 6.07 Å². The number of rotatable bonds is 8. The molecule has 1 N–H and O–H groups in total. The van der Waals surface area contributed by atoms with Gasteiger partial charge in [-0.15, -0.1) is 11.8 Å². The second kappa shape index (κ2) is 8.06. The molecule has 0 fully saturated rings. The van der Waals surface area contributed by atoms with Gasteiger partial charge in [0.1, 0.15) is 11.9 Å². The number of hydrogen-bond acceptors (Lipinski definition) is 5. The first-order chi connectivity index (χ1) is 8.70. The molecule has 0 saturated carbocycles. The Kier molecular flexibility index (Phi) is 6.69. The lowest BCUT2D eigenvalue weighted by molar-refractivity contribution is 0.415. The van der Waals surface area contributed by atoms with E-state index in [2.05, 4.69) is 28.3 Å². The van der Waals surface area contributed by atoms with Crippen LogP contribution >= 0.6 is 11.8 Å². The molecule has 18 heavy (non-hydrogen) atoms. The van der Waals surface area contributed by atoms with E-state index in [4.69, 9.17) is 0 Å². The topological polar surface area (TPSA) is 61.6 Å². The maximum atomic E-state index is 9.19. The van der Waals surface area contributed by atoms with E-state index in [-0.39, 0.29) is 0 Å². The Bertz CT molecular complexity index is 376. The minimum Gasteiger partial charge on any atom is -0.300 e. The maximum Gasteiger partial charge on any atom is 0.116 e. The molecule has 1 heterocycles. The zero-order valence-corrected chi connectivity index (χ0v) is 11.8. The molecule has 0 radical (unpaired) electrons. The number of thioether (sulfide) groups is 1. The molecule has 0 aliphatic heterocycles. The zero-order valence-electron chi connectivity index (χ0n) is 11.0. The molecule has 0 spiro atoms. The largest absolute Gasteiger partial charge is 0.300 e. The fraction of sp³-hybridized carbons (Fsp3) is 0.615. The molecule has 0 saturated heterocycles. The molecule has 1 rings (SSSR count). The minimum absolute atomic E-state index is 0.401. The third kappa shape index (κ3) is 5.48.